The normalized spacial score (nSPS) is 13.3. The van der Waals surface area contributed by atoms with E-state index < -0.39 is 23.1 Å². The van der Waals surface area contributed by atoms with E-state index in [9.17, 15) is 13.6 Å². The van der Waals surface area contributed by atoms with Crippen LogP contribution in [0, 0.1) is 29.9 Å². The van der Waals surface area contributed by atoms with E-state index in [0.29, 0.717) is 13.0 Å². The highest BCUT2D eigenvalue weighted by Crippen LogP contribution is 2.22. The predicted molar refractivity (Wildman–Crippen MR) is 89.3 cm³/mol. The van der Waals surface area contributed by atoms with Crippen LogP contribution in [0.2, 0.25) is 0 Å². The van der Waals surface area contributed by atoms with E-state index in [1.807, 2.05) is 20.8 Å². The van der Waals surface area contributed by atoms with Gasteiger partial charge in [-0.1, -0.05) is 33.1 Å². The van der Waals surface area contributed by atoms with E-state index >= 15 is 0 Å². The lowest BCUT2D eigenvalue weighted by Gasteiger charge is -2.25. The molecule has 0 aliphatic carbocycles. The molecule has 126 valence electrons. The molecule has 0 bridgehead atoms. The molecule has 0 spiro atoms. The van der Waals surface area contributed by atoms with Crippen LogP contribution >= 0.6 is 0 Å². The summed E-state index contributed by atoms with van der Waals surface area (Å²) in [7, 11) is 0. The topological polar surface area (TPSA) is 41.1 Å². The van der Waals surface area contributed by atoms with Crippen molar-refractivity contribution in [1.82, 2.24) is 5.32 Å². The molecule has 1 atom stereocenters. The molecule has 23 heavy (non-hydrogen) atoms. The maximum Gasteiger partial charge on any atom is 0.254 e. The zero-order valence-corrected chi connectivity index (χ0v) is 14.1. The zero-order chi connectivity index (χ0) is 17.6. The van der Waals surface area contributed by atoms with Crippen LogP contribution in [0.15, 0.2) is 12.1 Å². The molecule has 0 saturated carbocycles. The highest BCUT2D eigenvalue weighted by molar-refractivity contribution is 6.00. The second-order valence-corrected chi connectivity index (χ2v) is 6.27. The third kappa shape index (κ3) is 5.24. The van der Waals surface area contributed by atoms with Gasteiger partial charge in [0, 0.05) is 12.6 Å². The van der Waals surface area contributed by atoms with Crippen LogP contribution in [0.4, 0.5) is 14.5 Å². The van der Waals surface area contributed by atoms with Gasteiger partial charge in [0.05, 0.1) is 16.8 Å². The van der Waals surface area contributed by atoms with Crippen LogP contribution in [0.25, 0.3) is 0 Å². The number of terminal acetylenes is 1. The number of carbonyl (C=O) groups is 1. The van der Waals surface area contributed by atoms with Gasteiger partial charge in [0.15, 0.2) is 11.6 Å². The molecule has 0 aliphatic heterocycles. The third-order valence-electron chi connectivity index (χ3n) is 3.46. The number of benzene rings is 1. The molecule has 0 saturated heterocycles. The molecular formula is C18H24F2N2O. The maximum atomic E-state index is 13.6. The minimum absolute atomic E-state index is 0.0436. The van der Waals surface area contributed by atoms with E-state index in [4.69, 9.17) is 6.42 Å². The Balaban J connectivity index is 3.11. The molecule has 1 aromatic carbocycles. The Bertz CT molecular complexity index is 608. The summed E-state index contributed by atoms with van der Waals surface area (Å²) >= 11 is 0. The number of hydrogen-bond acceptors (Lipinski definition) is 2. The van der Waals surface area contributed by atoms with Crippen molar-refractivity contribution in [2.45, 2.75) is 46.1 Å². The molecule has 0 aromatic heterocycles. The minimum atomic E-state index is -1.07. The van der Waals surface area contributed by atoms with Crippen LogP contribution in [0.5, 0.6) is 0 Å². The van der Waals surface area contributed by atoms with E-state index in [0.717, 1.165) is 18.6 Å². The lowest BCUT2D eigenvalue weighted by Crippen LogP contribution is -2.45. The molecule has 1 amide bonds. The summed E-state index contributed by atoms with van der Waals surface area (Å²) in [5.74, 6) is 0.253. The van der Waals surface area contributed by atoms with E-state index in [2.05, 4.69) is 16.6 Å². The molecular weight excluding hydrogens is 298 g/mol. The Morgan fingerprint density at radius 3 is 2.48 bits per heavy atom. The quantitative estimate of drug-likeness (QED) is 0.746. The number of carbonyl (C=O) groups excluding carboxylic acids is 1. The molecule has 1 rings (SSSR count). The van der Waals surface area contributed by atoms with Gasteiger partial charge in [-0.3, -0.25) is 4.79 Å². The Hall–Kier alpha value is -2.09. The van der Waals surface area contributed by atoms with E-state index in [1.54, 1.807) is 6.92 Å². The average Bonchev–Trinajstić information content (AvgIpc) is 2.48. The van der Waals surface area contributed by atoms with Gasteiger partial charge in [0.1, 0.15) is 0 Å². The minimum Gasteiger partial charge on any atom is -0.384 e. The molecule has 2 N–H and O–H groups in total. The van der Waals surface area contributed by atoms with Crippen LogP contribution in [-0.4, -0.2) is 18.0 Å². The summed E-state index contributed by atoms with van der Waals surface area (Å²) < 4.78 is 27.1. The molecule has 0 radical (unpaired) electrons. The summed E-state index contributed by atoms with van der Waals surface area (Å²) in [6.45, 7) is 8.17. The van der Waals surface area contributed by atoms with Crippen molar-refractivity contribution in [3.63, 3.8) is 0 Å². The number of amides is 1. The number of hydrogen-bond donors (Lipinski definition) is 2. The van der Waals surface area contributed by atoms with Crippen molar-refractivity contribution < 1.29 is 13.6 Å². The van der Waals surface area contributed by atoms with Crippen molar-refractivity contribution >= 4 is 11.6 Å². The first kappa shape index (κ1) is 19.0. The summed E-state index contributed by atoms with van der Waals surface area (Å²) in [5, 5.41) is 5.71. The van der Waals surface area contributed by atoms with Gasteiger partial charge in [0.2, 0.25) is 0 Å². The summed E-state index contributed by atoms with van der Waals surface area (Å²) in [6.07, 6.45) is 6.88. The standard InChI is InChI=1S/C18H24F2N2O/c1-6-8-18(5,7-2)22-17(23)13-9-14(19)15(20)10-16(13)21-11-12(3)4/h2,9-10,12,21H,6,8,11H2,1,3-5H3,(H,22,23). The first-order valence-corrected chi connectivity index (χ1v) is 7.75. The lowest BCUT2D eigenvalue weighted by molar-refractivity contribution is 0.0922. The van der Waals surface area contributed by atoms with Gasteiger partial charge in [-0.2, -0.15) is 0 Å². The van der Waals surface area contributed by atoms with E-state index in [1.165, 1.54) is 0 Å². The Kier molecular flexibility index (Phi) is 6.56. The van der Waals surface area contributed by atoms with Gasteiger partial charge in [-0.25, -0.2) is 8.78 Å². The van der Waals surface area contributed by atoms with Crippen molar-refractivity contribution in [3.8, 4) is 12.3 Å². The van der Waals surface area contributed by atoms with Gasteiger partial charge in [-0.05, 0) is 25.3 Å². The number of nitrogens with one attached hydrogen (secondary N) is 2. The van der Waals surface area contributed by atoms with E-state index in [-0.39, 0.29) is 17.2 Å². The molecule has 3 nitrogen and oxygen atoms in total. The fraction of sp³-hybridized carbons (Fsp3) is 0.500. The monoisotopic (exact) mass is 322 g/mol. The number of halogens is 2. The second kappa shape index (κ2) is 7.96. The SMILES string of the molecule is C#CC(C)(CCC)NC(=O)c1cc(F)c(F)cc1NCC(C)C. The fourth-order valence-corrected chi connectivity index (χ4v) is 2.18. The Labute approximate surface area is 136 Å². The van der Waals surface area contributed by atoms with Crippen molar-refractivity contribution in [2.75, 3.05) is 11.9 Å². The second-order valence-electron chi connectivity index (χ2n) is 6.27. The van der Waals surface area contributed by atoms with Crippen LogP contribution in [0.3, 0.4) is 0 Å². The Morgan fingerprint density at radius 1 is 1.35 bits per heavy atom. The molecule has 5 heteroatoms. The van der Waals surface area contributed by atoms with Gasteiger partial charge in [-0.15, -0.1) is 6.42 Å². The van der Waals surface area contributed by atoms with Crippen LogP contribution < -0.4 is 10.6 Å². The summed E-state index contributed by atoms with van der Waals surface area (Å²) in [4.78, 5) is 12.5. The largest absolute Gasteiger partial charge is 0.384 e. The molecule has 0 aliphatic rings. The lowest BCUT2D eigenvalue weighted by atomic mass is 9.96. The summed E-state index contributed by atoms with van der Waals surface area (Å²) in [5.41, 5.74) is -0.528. The van der Waals surface area contributed by atoms with Gasteiger partial charge >= 0.3 is 0 Å². The predicted octanol–water partition coefficient (Wildman–Crippen LogP) is 3.95. The Morgan fingerprint density at radius 2 is 1.96 bits per heavy atom. The van der Waals surface area contributed by atoms with Crippen molar-refractivity contribution in [1.29, 1.82) is 0 Å². The number of anilines is 1. The van der Waals surface area contributed by atoms with Crippen LogP contribution in [0.1, 0.15) is 50.9 Å². The third-order valence-corrected chi connectivity index (χ3v) is 3.46. The molecule has 1 aromatic rings. The first-order chi connectivity index (χ1) is 10.7. The van der Waals surface area contributed by atoms with Crippen LogP contribution in [-0.2, 0) is 0 Å². The highest BCUT2D eigenvalue weighted by atomic mass is 19.2. The summed E-state index contributed by atoms with van der Waals surface area (Å²) in [6, 6.07) is 1.90. The average molecular weight is 322 g/mol. The van der Waals surface area contributed by atoms with Crippen molar-refractivity contribution in [2.24, 2.45) is 5.92 Å². The molecule has 1 unspecified atom stereocenters. The first-order valence-electron chi connectivity index (χ1n) is 7.75. The van der Waals surface area contributed by atoms with Gasteiger partial charge < -0.3 is 10.6 Å². The van der Waals surface area contributed by atoms with Gasteiger partial charge in [0.25, 0.3) is 5.91 Å². The number of rotatable bonds is 7. The highest BCUT2D eigenvalue weighted by Gasteiger charge is 2.25. The molecule has 0 fully saturated rings. The fourth-order valence-electron chi connectivity index (χ4n) is 2.18. The zero-order valence-electron chi connectivity index (χ0n) is 14.1. The molecule has 0 heterocycles. The van der Waals surface area contributed by atoms with Crippen molar-refractivity contribution in [3.05, 3.63) is 29.3 Å². The maximum absolute atomic E-state index is 13.6. The smallest absolute Gasteiger partial charge is 0.254 e.